The molecule has 1 aromatic rings. The Labute approximate surface area is 139 Å². The number of ether oxygens (including phenoxy) is 3. The first kappa shape index (κ1) is 18.9. The summed E-state index contributed by atoms with van der Waals surface area (Å²) in [5.74, 6) is 2.71. The molecule has 130 valence electrons. The Morgan fingerprint density at radius 3 is 2.17 bits per heavy atom. The molecular weight excluding hydrogens is 294 g/mol. The largest absolute Gasteiger partial charge is 0.493 e. The predicted octanol–water partition coefficient (Wildman–Crippen LogP) is 2.57. The molecule has 6 heteroatoms. The summed E-state index contributed by atoms with van der Waals surface area (Å²) < 4.78 is 16.4. The predicted molar refractivity (Wildman–Crippen MR) is 93.8 cm³/mol. The van der Waals surface area contributed by atoms with Gasteiger partial charge in [0.15, 0.2) is 17.5 Å². The number of hydrogen-bond acceptors (Lipinski definition) is 4. The summed E-state index contributed by atoms with van der Waals surface area (Å²) in [6.45, 7) is 10.0. The molecule has 0 amide bonds. The van der Waals surface area contributed by atoms with Crippen LogP contribution < -0.4 is 24.8 Å². The van der Waals surface area contributed by atoms with Crippen LogP contribution in [0.3, 0.4) is 0 Å². The summed E-state index contributed by atoms with van der Waals surface area (Å²) in [6.07, 6.45) is 0. The van der Waals surface area contributed by atoms with Gasteiger partial charge in [-0.05, 0) is 45.4 Å². The fourth-order valence-corrected chi connectivity index (χ4v) is 2.08. The second kappa shape index (κ2) is 9.82. The minimum atomic E-state index is 0.317. The summed E-state index contributed by atoms with van der Waals surface area (Å²) in [7, 11) is 3.24. The zero-order valence-electron chi connectivity index (χ0n) is 15.0. The zero-order chi connectivity index (χ0) is 17.2. The van der Waals surface area contributed by atoms with Crippen LogP contribution in [-0.4, -0.2) is 39.4 Å². The SMILES string of the molecule is CCNC(=NCc1cc(OC)c(OCC)c(OC)c1)NC(C)C. The zero-order valence-corrected chi connectivity index (χ0v) is 15.0. The molecule has 0 saturated carbocycles. The molecule has 0 unspecified atom stereocenters. The molecule has 0 spiro atoms. The molecule has 0 aromatic heterocycles. The van der Waals surface area contributed by atoms with Crippen molar-refractivity contribution >= 4 is 5.96 Å². The lowest BCUT2D eigenvalue weighted by Gasteiger charge is -2.16. The van der Waals surface area contributed by atoms with Crippen LogP contribution in [0.2, 0.25) is 0 Å². The Morgan fingerprint density at radius 1 is 1.13 bits per heavy atom. The third-order valence-corrected chi connectivity index (χ3v) is 3.00. The van der Waals surface area contributed by atoms with Gasteiger partial charge >= 0.3 is 0 Å². The van der Waals surface area contributed by atoms with Gasteiger partial charge in [-0.3, -0.25) is 0 Å². The molecular formula is C17H29N3O3. The molecule has 6 nitrogen and oxygen atoms in total. The quantitative estimate of drug-likeness (QED) is 0.569. The molecule has 0 fully saturated rings. The van der Waals surface area contributed by atoms with Crippen molar-refractivity contribution in [3.8, 4) is 17.2 Å². The monoisotopic (exact) mass is 323 g/mol. The molecule has 2 N–H and O–H groups in total. The molecule has 0 saturated heterocycles. The van der Waals surface area contributed by atoms with Crippen molar-refractivity contribution in [2.45, 2.75) is 40.3 Å². The molecule has 1 aromatic carbocycles. The van der Waals surface area contributed by atoms with Gasteiger partial charge in [0.25, 0.3) is 0 Å². The number of methoxy groups -OCH3 is 2. The molecule has 0 atom stereocenters. The van der Waals surface area contributed by atoms with E-state index in [1.54, 1.807) is 14.2 Å². The Bertz CT molecular complexity index is 491. The average Bonchev–Trinajstić information content (AvgIpc) is 2.53. The van der Waals surface area contributed by atoms with Gasteiger partial charge in [-0.25, -0.2) is 4.99 Å². The van der Waals surface area contributed by atoms with Gasteiger partial charge in [0, 0.05) is 12.6 Å². The standard InChI is InChI=1S/C17H29N3O3/c1-7-18-17(20-12(3)4)19-11-13-9-14(21-5)16(23-8-2)15(10-13)22-6/h9-10,12H,7-8,11H2,1-6H3,(H2,18,19,20). The molecule has 0 bridgehead atoms. The van der Waals surface area contributed by atoms with Crippen LogP contribution in [-0.2, 0) is 6.54 Å². The average molecular weight is 323 g/mol. The molecule has 0 radical (unpaired) electrons. The fraction of sp³-hybridized carbons (Fsp3) is 0.588. The van der Waals surface area contributed by atoms with Gasteiger partial charge in [-0.15, -0.1) is 0 Å². The maximum Gasteiger partial charge on any atom is 0.203 e. The first-order chi connectivity index (χ1) is 11.0. The van der Waals surface area contributed by atoms with Gasteiger partial charge in [0.05, 0.1) is 27.4 Å². The summed E-state index contributed by atoms with van der Waals surface area (Å²) in [5, 5.41) is 6.52. The van der Waals surface area contributed by atoms with E-state index in [2.05, 4.69) is 29.5 Å². The topological polar surface area (TPSA) is 64.1 Å². The van der Waals surface area contributed by atoms with E-state index in [-0.39, 0.29) is 0 Å². The van der Waals surface area contributed by atoms with Crippen LogP contribution in [0.15, 0.2) is 17.1 Å². The Balaban J connectivity index is 3.03. The van der Waals surface area contributed by atoms with E-state index in [0.29, 0.717) is 36.4 Å². The first-order valence-electron chi connectivity index (χ1n) is 7.98. The van der Waals surface area contributed by atoms with Gasteiger partial charge in [0.1, 0.15) is 0 Å². The molecule has 0 heterocycles. The summed E-state index contributed by atoms with van der Waals surface area (Å²) >= 11 is 0. The van der Waals surface area contributed by atoms with E-state index >= 15 is 0 Å². The van der Waals surface area contributed by atoms with E-state index in [9.17, 15) is 0 Å². The Kier molecular flexibility index (Phi) is 8.08. The number of nitrogens with zero attached hydrogens (tertiary/aromatic N) is 1. The normalized spacial score (nSPS) is 11.3. The number of aliphatic imine (C=N–C) groups is 1. The Hall–Kier alpha value is -2.11. The molecule has 0 aliphatic carbocycles. The van der Waals surface area contributed by atoms with E-state index in [1.807, 2.05) is 26.0 Å². The van der Waals surface area contributed by atoms with Gasteiger partial charge < -0.3 is 24.8 Å². The van der Waals surface area contributed by atoms with Crippen LogP contribution in [0.25, 0.3) is 0 Å². The maximum absolute atomic E-state index is 5.61. The van der Waals surface area contributed by atoms with E-state index in [1.165, 1.54) is 0 Å². The highest BCUT2D eigenvalue weighted by Crippen LogP contribution is 2.38. The van der Waals surface area contributed by atoms with Crippen molar-refractivity contribution in [1.29, 1.82) is 0 Å². The molecule has 0 aliphatic rings. The maximum atomic E-state index is 5.61. The highest BCUT2D eigenvalue weighted by atomic mass is 16.5. The second-order valence-electron chi connectivity index (χ2n) is 5.26. The van der Waals surface area contributed by atoms with E-state index in [0.717, 1.165) is 18.1 Å². The fourth-order valence-electron chi connectivity index (χ4n) is 2.08. The minimum absolute atomic E-state index is 0.317. The van der Waals surface area contributed by atoms with Crippen molar-refractivity contribution in [3.63, 3.8) is 0 Å². The highest BCUT2D eigenvalue weighted by Gasteiger charge is 2.13. The number of rotatable bonds is 8. The van der Waals surface area contributed by atoms with E-state index in [4.69, 9.17) is 14.2 Å². The van der Waals surface area contributed by atoms with Crippen molar-refractivity contribution in [3.05, 3.63) is 17.7 Å². The Morgan fingerprint density at radius 2 is 1.74 bits per heavy atom. The van der Waals surface area contributed by atoms with Gasteiger partial charge in [0.2, 0.25) is 5.75 Å². The molecule has 23 heavy (non-hydrogen) atoms. The van der Waals surface area contributed by atoms with Crippen LogP contribution in [0.1, 0.15) is 33.3 Å². The number of benzene rings is 1. The lowest BCUT2D eigenvalue weighted by atomic mass is 10.2. The third-order valence-electron chi connectivity index (χ3n) is 3.00. The summed E-state index contributed by atoms with van der Waals surface area (Å²) in [5.41, 5.74) is 0.989. The lowest BCUT2D eigenvalue weighted by Crippen LogP contribution is -2.40. The molecule has 0 aliphatic heterocycles. The van der Waals surface area contributed by atoms with Crippen molar-refractivity contribution in [1.82, 2.24) is 10.6 Å². The second-order valence-corrected chi connectivity index (χ2v) is 5.26. The van der Waals surface area contributed by atoms with E-state index < -0.39 is 0 Å². The van der Waals surface area contributed by atoms with Gasteiger partial charge in [-0.2, -0.15) is 0 Å². The van der Waals surface area contributed by atoms with Crippen LogP contribution in [0.5, 0.6) is 17.2 Å². The van der Waals surface area contributed by atoms with Crippen LogP contribution in [0.4, 0.5) is 0 Å². The number of guanidine groups is 1. The van der Waals surface area contributed by atoms with Crippen molar-refractivity contribution in [2.24, 2.45) is 4.99 Å². The van der Waals surface area contributed by atoms with Crippen molar-refractivity contribution in [2.75, 3.05) is 27.4 Å². The number of hydrogen-bond donors (Lipinski definition) is 2. The first-order valence-corrected chi connectivity index (χ1v) is 7.98. The molecule has 1 rings (SSSR count). The van der Waals surface area contributed by atoms with Crippen LogP contribution in [0, 0.1) is 0 Å². The summed E-state index contributed by atoms with van der Waals surface area (Å²) in [4.78, 5) is 4.59. The summed E-state index contributed by atoms with van der Waals surface area (Å²) in [6, 6.07) is 4.17. The smallest absolute Gasteiger partial charge is 0.203 e. The minimum Gasteiger partial charge on any atom is -0.493 e. The third kappa shape index (κ3) is 5.88. The van der Waals surface area contributed by atoms with Crippen molar-refractivity contribution < 1.29 is 14.2 Å². The highest BCUT2D eigenvalue weighted by molar-refractivity contribution is 5.80. The number of nitrogens with one attached hydrogen (secondary N) is 2. The van der Waals surface area contributed by atoms with Crippen LogP contribution >= 0.6 is 0 Å². The lowest BCUT2D eigenvalue weighted by molar-refractivity contribution is 0.288. The van der Waals surface area contributed by atoms with Gasteiger partial charge in [-0.1, -0.05) is 0 Å².